The van der Waals surface area contributed by atoms with Gasteiger partial charge in [-0.3, -0.25) is 9.59 Å². The predicted molar refractivity (Wildman–Crippen MR) is 86.7 cm³/mol. The fourth-order valence-corrected chi connectivity index (χ4v) is 3.53. The highest BCUT2D eigenvalue weighted by molar-refractivity contribution is 6.30. The molecule has 0 radical (unpaired) electrons. The maximum Gasteiger partial charge on any atom is 0.324 e. The van der Waals surface area contributed by atoms with Gasteiger partial charge in [-0.25, -0.2) is 0 Å². The zero-order chi connectivity index (χ0) is 16.0. The van der Waals surface area contributed by atoms with Gasteiger partial charge in [-0.2, -0.15) is 0 Å². The minimum atomic E-state index is -0.769. The van der Waals surface area contributed by atoms with Crippen molar-refractivity contribution in [1.82, 2.24) is 0 Å². The zero-order valence-electron chi connectivity index (χ0n) is 12.2. The summed E-state index contributed by atoms with van der Waals surface area (Å²) in [5.74, 6) is -0.751. The molecule has 2 aromatic rings. The van der Waals surface area contributed by atoms with Crippen LogP contribution in [-0.2, 0) is 9.59 Å². The lowest BCUT2D eigenvalue weighted by molar-refractivity contribution is -0.147. The molecule has 4 rings (SSSR count). The first-order valence-corrected chi connectivity index (χ1v) is 7.88. The van der Waals surface area contributed by atoms with E-state index in [-0.39, 0.29) is 11.8 Å². The van der Waals surface area contributed by atoms with Crippen LogP contribution >= 0.6 is 11.6 Å². The van der Waals surface area contributed by atoms with E-state index < -0.39 is 11.9 Å². The molecule has 0 aromatic heterocycles. The number of esters is 1. The van der Waals surface area contributed by atoms with Crippen molar-refractivity contribution >= 4 is 29.0 Å². The Morgan fingerprint density at radius 1 is 1.04 bits per heavy atom. The highest BCUT2D eigenvalue weighted by Gasteiger charge is 2.47. The molecule has 0 unspecified atom stereocenters. The van der Waals surface area contributed by atoms with E-state index in [9.17, 15) is 9.59 Å². The lowest BCUT2D eigenvalue weighted by atomic mass is 9.81. The molecule has 4 nitrogen and oxygen atoms in total. The van der Waals surface area contributed by atoms with Gasteiger partial charge in [-0.05, 0) is 30.3 Å². The number of rotatable bonds is 1. The number of ketones is 1. The maximum atomic E-state index is 12.3. The minimum Gasteiger partial charge on any atom is -0.426 e. The maximum absolute atomic E-state index is 12.3. The first-order valence-electron chi connectivity index (χ1n) is 7.51. The van der Waals surface area contributed by atoms with Gasteiger partial charge >= 0.3 is 5.97 Å². The molecule has 1 fully saturated rings. The van der Waals surface area contributed by atoms with E-state index >= 15 is 0 Å². The summed E-state index contributed by atoms with van der Waals surface area (Å²) in [7, 11) is 0. The van der Waals surface area contributed by atoms with Crippen molar-refractivity contribution < 1.29 is 14.3 Å². The Kier molecular flexibility index (Phi) is 3.34. The first-order chi connectivity index (χ1) is 11.1. The van der Waals surface area contributed by atoms with Crippen LogP contribution in [0.5, 0.6) is 5.75 Å². The van der Waals surface area contributed by atoms with Crippen LogP contribution in [0.4, 0.5) is 5.69 Å². The number of para-hydroxylation sites is 1. The van der Waals surface area contributed by atoms with Gasteiger partial charge in [0.1, 0.15) is 11.7 Å². The van der Waals surface area contributed by atoms with Crippen molar-refractivity contribution in [3.05, 3.63) is 59.1 Å². The van der Waals surface area contributed by atoms with Crippen molar-refractivity contribution in [1.29, 1.82) is 0 Å². The number of benzene rings is 2. The summed E-state index contributed by atoms with van der Waals surface area (Å²) >= 11 is 5.97. The minimum absolute atomic E-state index is 0.0558. The summed E-state index contributed by atoms with van der Waals surface area (Å²) in [5.41, 5.74) is 1.82. The van der Waals surface area contributed by atoms with Gasteiger partial charge in [0.15, 0.2) is 5.78 Å². The average molecular weight is 328 g/mol. The lowest BCUT2D eigenvalue weighted by Crippen LogP contribution is -2.50. The van der Waals surface area contributed by atoms with E-state index in [1.807, 2.05) is 42.5 Å². The van der Waals surface area contributed by atoms with E-state index in [4.69, 9.17) is 16.3 Å². The average Bonchev–Trinajstić information content (AvgIpc) is 2.56. The quantitative estimate of drug-likeness (QED) is 0.457. The van der Waals surface area contributed by atoms with Crippen molar-refractivity contribution in [2.45, 2.75) is 12.5 Å². The number of hydrogen-bond acceptors (Lipinski definition) is 4. The number of Topliss-reactive ketones (excluding diaryl/α,β-unsaturated/α-hetero) is 1. The Bertz CT molecular complexity index is 787. The number of carbonyl (C=O) groups excluding carboxylic acids is 2. The Balaban J connectivity index is 1.84. The topological polar surface area (TPSA) is 46.6 Å². The molecule has 1 saturated heterocycles. The largest absolute Gasteiger partial charge is 0.426 e. The molecule has 116 valence electrons. The Morgan fingerprint density at radius 3 is 2.57 bits per heavy atom. The second-order valence-corrected chi connectivity index (χ2v) is 6.20. The molecule has 2 aliphatic heterocycles. The lowest BCUT2D eigenvalue weighted by Gasteiger charge is -2.43. The monoisotopic (exact) mass is 327 g/mol. The Morgan fingerprint density at radius 2 is 1.78 bits per heavy atom. The van der Waals surface area contributed by atoms with Crippen molar-refractivity contribution in [2.75, 3.05) is 11.4 Å². The molecule has 0 amide bonds. The van der Waals surface area contributed by atoms with Crippen molar-refractivity contribution in [2.24, 2.45) is 5.92 Å². The molecule has 2 heterocycles. The molecule has 5 heteroatoms. The predicted octanol–water partition coefficient (Wildman–Crippen LogP) is 3.40. The third kappa shape index (κ3) is 2.30. The van der Waals surface area contributed by atoms with Crippen LogP contribution in [0.15, 0.2) is 48.5 Å². The SMILES string of the molecule is O=C1CCN(c2ccc(Cl)cc2)[C@@H]2c3ccccc3OC(=O)[C@H]12. The third-order valence-corrected chi connectivity index (χ3v) is 4.71. The molecule has 2 atom stereocenters. The molecule has 0 spiro atoms. The van der Waals surface area contributed by atoms with E-state index in [2.05, 4.69) is 4.90 Å². The number of nitrogens with zero attached hydrogens (tertiary/aromatic N) is 1. The normalized spacial score (nSPS) is 23.1. The van der Waals surface area contributed by atoms with E-state index in [0.717, 1.165) is 11.3 Å². The van der Waals surface area contributed by atoms with Crippen LogP contribution in [0.2, 0.25) is 5.02 Å². The van der Waals surface area contributed by atoms with Crippen LogP contribution in [0, 0.1) is 5.92 Å². The highest BCUT2D eigenvalue weighted by atomic mass is 35.5. The number of hydrogen-bond donors (Lipinski definition) is 0. The second-order valence-electron chi connectivity index (χ2n) is 5.77. The smallest absolute Gasteiger partial charge is 0.324 e. The summed E-state index contributed by atoms with van der Waals surface area (Å²) < 4.78 is 5.37. The van der Waals surface area contributed by atoms with Crippen LogP contribution < -0.4 is 9.64 Å². The summed E-state index contributed by atoms with van der Waals surface area (Å²) in [6.07, 6.45) is 0.334. The fourth-order valence-electron chi connectivity index (χ4n) is 3.40. The van der Waals surface area contributed by atoms with Crippen LogP contribution in [0.25, 0.3) is 0 Å². The number of piperidine rings is 1. The summed E-state index contributed by atoms with van der Waals surface area (Å²) in [6, 6.07) is 14.5. The number of ether oxygens (including phenoxy) is 1. The Hall–Kier alpha value is -2.33. The van der Waals surface area contributed by atoms with Gasteiger partial charge in [0.2, 0.25) is 0 Å². The molecule has 0 saturated carbocycles. The van der Waals surface area contributed by atoms with Gasteiger partial charge < -0.3 is 9.64 Å². The van der Waals surface area contributed by atoms with Crippen LogP contribution in [-0.4, -0.2) is 18.3 Å². The summed E-state index contributed by atoms with van der Waals surface area (Å²) in [5, 5.41) is 0.654. The van der Waals surface area contributed by atoms with E-state index in [0.29, 0.717) is 23.7 Å². The number of anilines is 1. The molecular formula is C18H14ClNO3. The molecule has 2 aliphatic rings. The second kappa shape index (κ2) is 5.39. The standard InChI is InChI=1S/C18H14ClNO3/c19-11-5-7-12(8-6-11)20-10-9-14(21)16-17(20)13-3-1-2-4-15(13)23-18(16)22/h1-8,16-17H,9-10H2/t16-,17-/m1/s1. The zero-order valence-corrected chi connectivity index (χ0v) is 13.0. The van der Waals surface area contributed by atoms with Gasteiger partial charge in [-0.15, -0.1) is 0 Å². The summed E-state index contributed by atoms with van der Waals surface area (Å²) in [4.78, 5) is 26.8. The Labute approximate surface area is 138 Å². The number of halogens is 1. The van der Waals surface area contributed by atoms with Gasteiger partial charge in [0.25, 0.3) is 0 Å². The molecular weight excluding hydrogens is 314 g/mol. The van der Waals surface area contributed by atoms with Crippen LogP contribution in [0.3, 0.4) is 0 Å². The first kappa shape index (κ1) is 14.3. The van der Waals surface area contributed by atoms with Crippen molar-refractivity contribution in [3.8, 4) is 5.75 Å². The number of carbonyl (C=O) groups is 2. The van der Waals surface area contributed by atoms with Gasteiger partial charge in [0, 0.05) is 29.2 Å². The van der Waals surface area contributed by atoms with Gasteiger partial charge in [0.05, 0.1) is 6.04 Å². The van der Waals surface area contributed by atoms with E-state index in [1.54, 1.807) is 6.07 Å². The highest BCUT2D eigenvalue weighted by Crippen LogP contribution is 2.44. The molecule has 23 heavy (non-hydrogen) atoms. The third-order valence-electron chi connectivity index (χ3n) is 4.46. The molecule has 0 N–H and O–H groups in total. The molecule has 2 aromatic carbocycles. The molecule has 0 aliphatic carbocycles. The van der Waals surface area contributed by atoms with Crippen LogP contribution in [0.1, 0.15) is 18.0 Å². The molecule has 0 bridgehead atoms. The summed E-state index contributed by atoms with van der Waals surface area (Å²) in [6.45, 7) is 0.573. The fraction of sp³-hybridized carbons (Fsp3) is 0.222. The van der Waals surface area contributed by atoms with E-state index in [1.165, 1.54) is 0 Å². The van der Waals surface area contributed by atoms with Gasteiger partial charge in [-0.1, -0.05) is 29.8 Å². The number of fused-ring (bicyclic) bond motifs is 3. The van der Waals surface area contributed by atoms with Crippen molar-refractivity contribution in [3.63, 3.8) is 0 Å².